The summed E-state index contributed by atoms with van der Waals surface area (Å²) in [5.74, 6) is 0. The molecular formula is C14H15N3S. The van der Waals surface area contributed by atoms with Crippen molar-refractivity contribution in [3.63, 3.8) is 0 Å². The second kappa shape index (κ2) is 6.29. The van der Waals surface area contributed by atoms with Crippen molar-refractivity contribution in [3.05, 3.63) is 51.5 Å². The van der Waals surface area contributed by atoms with E-state index >= 15 is 0 Å². The van der Waals surface area contributed by atoms with Crippen LogP contribution in [0, 0.1) is 11.3 Å². The molecule has 2 aromatic heterocycles. The lowest BCUT2D eigenvalue weighted by Gasteiger charge is -2.07. The van der Waals surface area contributed by atoms with Crippen LogP contribution in [0.15, 0.2) is 29.8 Å². The van der Waals surface area contributed by atoms with Gasteiger partial charge in [-0.2, -0.15) is 5.26 Å². The average Bonchev–Trinajstić information content (AvgIpc) is 2.87. The number of aryl methyl sites for hydroxylation is 1. The number of nitrogens with zero attached hydrogens (tertiary/aromatic N) is 2. The number of hydrogen-bond donors (Lipinski definition) is 1. The highest BCUT2D eigenvalue weighted by atomic mass is 32.1. The van der Waals surface area contributed by atoms with Crippen LogP contribution in [0.25, 0.3) is 0 Å². The van der Waals surface area contributed by atoms with Gasteiger partial charge in [-0.25, -0.2) is 0 Å². The largest absolute Gasteiger partial charge is 0.306 e. The van der Waals surface area contributed by atoms with E-state index in [1.54, 1.807) is 11.3 Å². The molecule has 0 saturated heterocycles. The van der Waals surface area contributed by atoms with Crippen LogP contribution < -0.4 is 5.32 Å². The normalized spacial score (nSPS) is 10.2. The summed E-state index contributed by atoms with van der Waals surface area (Å²) in [5, 5.41) is 14.0. The minimum atomic E-state index is 0.740. The van der Waals surface area contributed by atoms with Gasteiger partial charge >= 0.3 is 0 Å². The van der Waals surface area contributed by atoms with Gasteiger partial charge in [-0.1, -0.05) is 13.0 Å². The molecule has 4 heteroatoms. The lowest BCUT2D eigenvalue weighted by Crippen LogP contribution is -2.14. The van der Waals surface area contributed by atoms with Gasteiger partial charge in [-0.15, -0.1) is 11.3 Å². The van der Waals surface area contributed by atoms with Crippen LogP contribution >= 0.6 is 11.3 Å². The summed E-state index contributed by atoms with van der Waals surface area (Å²) in [7, 11) is 0. The molecule has 2 aromatic rings. The first-order valence-corrected chi connectivity index (χ1v) is 6.82. The Balaban J connectivity index is 1.90. The molecule has 0 radical (unpaired) electrons. The van der Waals surface area contributed by atoms with Gasteiger partial charge in [0.25, 0.3) is 0 Å². The van der Waals surface area contributed by atoms with Gasteiger partial charge in [0, 0.05) is 29.5 Å². The third-order valence-electron chi connectivity index (χ3n) is 2.74. The fourth-order valence-electron chi connectivity index (χ4n) is 1.79. The Bertz CT molecular complexity index is 554. The standard InChI is InChI=1S/C14H15N3S/c1-2-12-4-3-5-17-14(12)9-16-8-13-6-11(7-15)10-18-13/h3-6,10,16H,2,8-9H2,1H3. The highest BCUT2D eigenvalue weighted by Gasteiger charge is 2.02. The van der Waals surface area contributed by atoms with E-state index in [1.807, 2.05) is 23.7 Å². The number of nitrogens with one attached hydrogen (secondary N) is 1. The van der Waals surface area contributed by atoms with E-state index in [9.17, 15) is 0 Å². The lowest BCUT2D eigenvalue weighted by atomic mass is 10.1. The molecule has 1 N–H and O–H groups in total. The molecule has 2 heterocycles. The summed E-state index contributed by atoms with van der Waals surface area (Å²) in [6.07, 6.45) is 2.83. The van der Waals surface area contributed by atoms with Crippen molar-refractivity contribution in [2.75, 3.05) is 0 Å². The molecule has 0 aliphatic heterocycles. The zero-order valence-corrected chi connectivity index (χ0v) is 11.1. The maximum atomic E-state index is 8.75. The molecule has 0 atom stereocenters. The highest BCUT2D eigenvalue weighted by Crippen LogP contribution is 2.13. The van der Waals surface area contributed by atoms with Crippen LogP contribution in [-0.2, 0) is 19.5 Å². The number of nitriles is 1. The van der Waals surface area contributed by atoms with E-state index < -0.39 is 0 Å². The SMILES string of the molecule is CCc1cccnc1CNCc1cc(C#N)cs1. The molecule has 0 amide bonds. The number of pyridine rings is 1. The Morgan fingerprint density at radius 1 is 1.44 bits per heavy atom. The molecule has 0 aromatic carbocycles. The molecule has 0 bridgehead atoms. The van der Waals surface area contributed by atoms with E-state index in [1.165, 1.54) is 10.4 Å². The van der Waals surface area contributed by atoms with Gasteiger partial charge in [-0.05, 0) is 24.1 Å². The minimum absolute atomic E-state index is 0.740. The van der Waals surface area contributed by atoms with Crippen molar-refractivity contribution in [1.82, 2.24) is 10.3 Å². The third-order valence-corrected chi connectivity index (χ3v) is 3.68. The lowest BCUT2D eigenvalue weighted by molar-refractivity contribution is 0.680. The molecule has 0 aliphatic carbocycles. The van der Waals surface area contributed by atoms with Crippen LogP contribution in [0.2, 0.25) is 0 Å². The molecule has 18 heavy (non-hydrogen) atoms. The number of hydrogen-bond acceptors (Lipinski definition) is 4. The number of thiophene rings is 1. The first-order valence-electron chi connectivity index (χ1n) is 5.94. The predicted octanol–water partition coefficient (Wildman–Crippen LogP) is 2.87. The molecule has 0 spiro atoms. The Morgan fingerprint density at radius 3 is 3.06 bits per heavy atom. The molecule has 3 nitrogen and oxygen atoms in total. The quantitative estimate of drug-likeness (QED) is 0.896. The summed E-state index contributed by atoms with van der Waals surface area (Å²) in [6.45, 7) is 3.69. The molecule has 2 rings (SSSR count). The van der Waals surface area contributed by atoms with Gasteiger partial charge in [0.05, 0.1) is 11.3 Å². The van der Waals surface area contributed by atoms with Crippen LogP contribution in [0.4, 0.5) is 0 Å². The fourth-order valence-corrected chi connectivity index (χ4v) is 2.57. The van der Waals surface area contributed by atoms with Gasteiger partial charge in [-0.3, -0.25) is 4.98 Å². The van der Waals surface area contributed by atoms with Crippen LogP contribution in [-0.4, -0.2) is 4.98 Å². The summed E-state index contributed by atoms with van der Waals surface area (Å²) < 4.78 is 0. The molecule has 0 saturated carbocycles. The second-order valence-electron chi connectivity index (χ2n) is 3.98. The van der Waals surface area contributed by atoms with Crippen molar-refractivity contribution in [2.45, 2.75) is 26.4 Å². The fraction of sp³-hybridized carbons (Fsp3) is 0.286. The van der Waals surface area contributed by atoms with Crippen molar-refractivity contribution >= 4 is 11.3 Å². The third kappa shape index (κ3) is 3.16. The summed E-state index contributed by atoms with van der Waals surface area (Å²) in [5.41, 5.74) is 3.13. The van der Waals surface area contributed by atoms with Crippen molar-refractivity contribution in [2.24, 2.45) is 0 Å². The monoisotopic (exact) mass is 257 g/mol. The van der Waals surface area contributed by atoms with E-state index in [0.29, 0.717) is 0 Å². The summed E-state index contributed by atoms with van der Waals surface area (Å²) in [6, 6.07) is 8.16. The van der Waals surface area contributed by atoms with E-state index in [4.69, 9.17) is 5.26 Å². The zero-order chi connectivity index (χ0) is 12.8. The van der Waals surface area contributed by atoms with Crippen LogP contribution in [0.5, 0.6) is 0 Å². The second-order valence-corrected chi connectivity index (χ2v) is 4.98. The highest BCUT2D eigenvalue weighted by molar-refractivity contribution is 7.10. The molecule has 0 fully saturated rings. The predicted molar refractivity (Wildman–Crippen MR) is 73.2 cm³/mol. The van der Waals surface area contributed by atoms with Crippen molar-refractivity contribution < 1.29 is 0 Å². The summed E-state index contributed by atoms with van der Waals surface area (Å²) >= 11 is 1.61. The van der Waals surface area contributed by atoms with E-state index in [0.717, 1.165) is 30.8 Å². The van der Waals surface area contributed by atoms with Gasteiger partial charge in [0.15, 0.2) is 0 Å². The maximum absolute atomic E-state index is 8.75. The minimum Gasteiger partial charge on any atom is -0.306 e. The topological polar surface area (TPSA) is 48.7 Å². The summed E-state index contributed by atoms with van der Waals surface area (Å²) in [4.78, 5) is 5.57. The first-order chi connectivity index (χ1) is 8.83. The Hall–Kier alpha value is -1.70. The zero-order valence-electron chi connectivity index (χ0n) is 10.3. The maximum Gasteiger partial charge on any atom is 0.100 e. The van der Waals surface area contributed by atoms with Gasteiger partial charge in [0.2, 0.25) is 0 Å². The Morgan fingerprint density at radius 2 is 2.33 bits per heavy atom. The van der Waals surface area contributed by atoms with Crippen molar-refractivity contribution in [3.8, 4) is 6.07 Å². The first kappa shape index (κ1) is 12.7. The van der Waals surface area contributed by atoms with E-state index in [-0.39, 0.29) is 0 Å². The smallest absolute Gasteiger partial charge is 0.100 e. The van der Waals surface area contributed by atoms with Gasteiger partial charge in [0.1, 0.15) is 6.07 Å². The van der Waals surface area contributed by atoms with Crippen molar-refractivity contribution in [1.29, 1.82) is 5.26 Å². The van der Waals surface area contributed by atoms with E-state index in [2.05, 4.69) is 29.4 Å². The van der Waals surface area contributed by atoms with Crippen LogP contribution in [0.3, 0.4) is 0 Å². The molecular weight excluding hydrogens is 242 g/mol. The van der Waals surface area contributed by atoms with Crippen LogP contribution in [0.1, 0.15) is 28.6 Å². The molecule has 92 valence electrons. The molecule has 0 aliphatic rings. The number of rotatable bonds is 5. The number of aromatic nitrogens is 1. The molecule has 0 unspecified atom stereocenters. The van der Waals surface area contributed by atoms with Gasteiger partial charge < -0.3 is 5.32 Å². The average molecular weight is 257 g/mol. The Kier molecular flexibility index (Phi) is 4.46. The Labute approximate surface area is 111 Å².